The fourth-order valence-electron chi connectivity index (χ4n) is 4.24. The maximum absolute atomic E-state index is 13.1. The van der Waals surface area contributed by atoms with Crippen LogP contribution in [0.1, 0.15) is 55.1 Å². The van der Waals surface area contributed by atoms with E-state index in [0.717, 1.165) is 50.3 Å². The number of amides is 1. The van der Waals surface area contributed by atoms with Crippen LogP contribution >= 0.6 is 0 Å². The normalized spacial score (nSPS) is 19.8. The zero-order chi connectivity index (χ0) is 21.1. The molecule has 4 rings (SSSR count). The van der Waals surface area contributed by atoms with Gasteiger partial charge in [-0.3, -0.25) is 9.69 Å². The highest BCUT2D eigenvalue weighted by Crippen LogP contribution is 2.36. The number of likely N-dealkylation sites (tertiary alicyclic amines) is 1. The molecular weight excluding hydrogens is 385 g/mol. The average Bonchev–Trinajstić information content (AvgIpc) is 3.05. The minimum Gasteiger partial charge on any atom is -0.373 e. The van der Waals surface area contributed by atoms with Gasteiger partial charge in [0.25, 0.3) is 5.91 Å². The van der Waals surface area contributed by atoms with Crippen LogP contribution in [0.3, 0.4) is 0 Å². The molecule has 2 aliphatic heterocycles. The molecule has 1 N–H and O–H groups in total. The van der Waals surface area contributed by atoms with Crippen LogP contribution in [0.4, 0.5) is 4.39 Å². The van der Waals surface area contributed by atoms with E-state index in [2.05, 4.69) is 20.4 Å². The molecule has 1 spiro atoms. The topological polar surface area (TPSA) is 72.3 Å². The second-order valence-corrected chi connectivity index (χ2v) is 8.70. The summed E-state index contributed by atoms with van der Waals surface area (Å²) >= 11 is 0. The maximum atomic E-state index is 13.1. The highest BCUT2D eigenvalue weighted by Gasteiger charge is 2.39. The SMILES string of the molecule is CCC(C)NC(=O)c1nnc2n1CC1(CCN(Cc3ccc(F)cc3)CC1)COC2. The smallest absolute Gasteiger partial charge is 0.289 e. The van der Waals surface area contributed by atoms with E-state index in [1.807, 2.05) is 30.5 Å². The number of ether oxygens (including phenoxy) is 1. The monoisotopic (exact) mass is 415 g/mol. The fraction of sp³-hybridized carbons (Fsp3) is 0.591. The molecule has 30 heavy (non-hydrogen) atoms. The standard InChI is InChI=1S/C22H30FN5O2/c1-3-16(2)24-21(29)20-26-25-19-13-30-15-22(14-28(19)20)8-10-27(11-9-22)12-17-4-6-18(23)7-5-17/h4-7,16H,3,8-15H2,1-2H3,(H,24,29). The van der Waals surface area contributed by atoms with Gasteiger partial charge in [-0.25, -0.2) is 4.39 Å². The number of fused-ring (bicyclic) bond motifs is 1. The third-order valence-electron chi connectivity index (χ3n) is 6.39. The van der Waals surface area contributed by atoms with Crippen LogP contribution in [0, 0.1) is 11.2 Å². The minimum atomic E-state index is -0.204. The Bertz CT molecular complexity index is 874. The largest absolute Gasteiger partial charge is 0.373 e. The molecule has 2 aliphatic rings. The number of halogens is 1. The van der Waals surface area contributed by atoms with Crippen LogP contribution < -0.4 is 5.32 Å². The highest BCUT2D eigenvalue weighted by atomic mass is 19.1. The number of carbonyl (C=O) groups excluding carboxylic acids is 1. The molecule has 2 aromatic rings. The molecule has 0 radical (unpaired) electrons. The van der Waals surface area contributed by atoms with Crippen molar-refractivity contribution < 1.29 is 13.9 Å². The van der Waals surface area contributed by atoms with Crippen molar-refractivity contribution in [2.75, 3.05) is 19.7 Å². The van der Waals surface area contributed by atoms with Gasteiger partial charge in [-0.05, 0) is 57.0 Å². The molecule has 0 aliphatic carbocycles. The molecular formula is C22H30FN5O2. The molecule has 1 fully saturated rings. The summed E-state index contributed by atoms with van der Waals surface area (Å²) in [6.45, 7) is 8.45. The van der Waals surface area contributed by atoms with Gasteiger partial charge in [0, 0.05) is 24.5 Å². The lowest BCUT2D eigenvalue weighted by Crippen LogP contribution is -2.44. The van der Waals surface area contributed by atoms with Gasteiger partial charge in [0.15, 0.2) is 5.82 Å². The zero-order valence-electron chi connectivity index (χ0n) is 17.7. The van der Waals surface area contributed by atoms with Crippen LogP contribution in [0.15, 0.2) is 24.3 Å². The Kier molecular flexibility index (Phi) is 6.15. The number of rotatable bonds is 5. The molecule has 1 aromatic carbocycles. The molecule has 8 heteroatoms. The number of piperidine rings is 1. The first-order valence-electron chi connectivity index (χ1n) is 10.8. The summed E-state index contributed by atoms with van der Waals surface area (Å²) in [6, 6.07) is 6.81. The van der Waals surface area contributed by atoms with E-state index < -0.39 is 0 Å². The van der Waals surface area contributed by atoms with Gasteiger partial charge in [0.1, 0.15) is 12.4 Å². The lowest BCUT2D eigenvalue weighted by Gasteiger charge is -2.41. The molecule has 0 bridgehead atoms. The molecule has 1 atom stereocenters. The van der Waals surface area contributed by atoms with Gasteiger partial charge in [0.05, 0.1) is 6.61 Å². The second-order valence-electron chi connectivity index (χ2n) is 8.70. The van der Waals surface area contributed by atoms with Gasteiger partial charge < -0.3 is 14.6 Å². The molecule has 7 nitrogen and oxygen atoms in total. The predicted octanol–water partition coefficient (Wildman–Crippen LogP) is 2.76. The van der Waals surface area contributed by atoms with Crippen molar-refractivity contribution >= 4 is 5.91 Å². The highest BCUT2D eigenvalue weighted by molar-refractivity contribution is 5.90. The van der Waals surface area contributed by atoms with E-state index in [1.165, 1.54) is 12.1 Å². The number of carbonyl (C=O) groups is 1. The Morgan fingerprint density at radius 1 is 1.27 bits per heavy atom. The summed E-state index contributed by atoms with van der Waals surface area (Å²) in [4.78, 5) is 15.1. The lowest BCUT2D eigenvalue weighted by molar-refractivity contribution is -0.00570. The van der Waals surface area contributed by atoms with E-state index >= 15 is 0 Å². The van der Waals surface area contributed by atoms with Crippen molar-refractivity contribution in [1.29, 1.82) is 0 Å². The van der Waals surface area contributed by atoms with Crippen molar-refractivity contribution in [3.8, 4) is 0 Å². The number of benzene rings is 1. The van der Waals surface area contributed by atoms with E-state index in [1.54, 1.807) is 0 Å². The number of aromatic nitrogens is 3. The second kappa shape index (κ2) is 8.81. The van der Waals surface area contributed by atoms with Crippen LogP contribution in [0.25, 0.3) is 0 Å². The fourth-order valence-corrected chi connectivity index (χ4v) is 4.24. The Balaban J connectivity index is 1.43. The van der Waals surface area contributed by atoms with Crippen LogP contribution in [-0.2, 0) is 24.4 Å². The molecule has 1 amide bonds. The third-order valence-corrected chi connectivity index (χ3v) is 6.39. The summed E-state index contributed by atoms with van der Waals surface area (Å²) in [7, 11) is 0. The van der Waals surface area contributed by atoms with E-state index in [0.29, 0.717) is 25.6 Å². The van der Waals surface area contributed by atoms with Crippen molar-refractivity contribution in [3.05, 3.63) is 47.3 Å². The van der Waals surface area contributed by atoms with Crippen molar-refractivity contribution in [1.82, 2.24) is 25.0 Å². The van der Waals surface area contributed by atoms with E-state index in [9.17, 15) is 9.18 Å². The first kappa shape index (κ1) is 20.9. The average molecular weight is 416 g/mol. The van der Waals surface area contributed by atoms with Crippen LogP contribution in [0.5, 0.6) is 0 Å². The van der Waals surface area contributed by atoms with Crippen LogP contribution in [-0.4, -0.2) is 51.3 Å². The van der Waals surface area contributed by atoms with E-state index in [4.69, 9.17) is 4.74 Å². The number of hydrogen-bond acceptors (Lipinski definition) is 5. The minimum absolute atomic E-state index is 0.0294. The van der Waals surface area contributed by atoms with Crippen molar-refractivity contribution in [2.24, 2.45) is 5.41 Å². The lowest BCUT2D eigenvalue weighted by atomic mass is 9.78. The molecule has 162 valence electrons. The summed E-state index contributed by atoms with van der Waals surface area (Å²) in [6.07, 6.45) is 2.81. The number of hydrogen-bond donors (Lipinski definition) is 1. The summed E-state index contributed by atoms with van der Waals surface area (Å²) in [5, 5.41) is 11.4. The molecule has 1 saturated heterocycles. The zero-order valence-corrected chi connectivity index (χ0v) is 17.7. The predicted molar refractivity (Wildman–Crippen MR) is 110 cm³/mol. The number of nitrogens with one attached hydrogen (secondary N) is 1. The molecule has 3 heterocycles. The Morgan fingerprint density at radius 2 is 2.00 bits per heavy atom. The first-order chi connectivity index (χ1) is 14.5. The van der Waals surface area contributed by atoms with Gasteiger partial charge in [0.2, 0.25) is 5.82 Å². The van der Waals surface area contributed by atoms with Gasteiger partial charge in [-0.15, -0.1) is 10.2 Å². The van der Waals surface area contributed by atoms with E-state index in [-0.39, 0.29) is 23.2 Å². The Labute approximate surface area is 176 Å². The Hall–Kier alpha value is -2.32. The van der Waals surface area contributed by atoms with Crippen molar-refractivity contribution in [3.63, 3.8) is 0 Å². The van der Waals surface area contributed by atoms with Gasteiger partial charge >= 0.3 is 0 Å². The van der Waals surface area contributed by atoms with Crippen molar-refractivity contribution in [2.45, 2.75) is 58.8 Å². The first-order valence-corrected chi connectivity index (χ1v) is 10.8. The summed E-state index contributed by atoms with van der Waals surface area (Å²) in [5.74, 6) is 0.720. The van der Waals surface area contributed by atoms with Gasteiger partial charge in [-0.1, -0.05) is 19.1 Å². The summed E-state index contributed by atoms with van der Waals surface area (Å²) < 4.78 is 21.1. The maximum Gasteiger partial charge on any atom is 0.289 e. The molecule has 0 saturated carbocycles. The molecule has 1 unspecified atom stereocenters. The number of nitrogens with zero attached hydrogens (tertiary/aromatic N) is 4. The van der Waals surface area contributed by atoms with Gasteiger partial charge in [-0.2, -0.15) is 0 Å². The molecule has 1 aromatic heterocycles. The Morgan fingerprint density at radius 3 is 2.70 bits per heavy atom. The third kappa shape index (κ3) is 4.54. The summed E-state index contributed by atoms with van der Waals surface area (Å²) in [5.41, 5.74) is 1.09. The van der Waals surface area contributed by atoms with Crippen LogP contribution in [0.2, 0.25) is 0 Å². The quantitative estimate of drug-likeness (QED) is 0.813.